The zero-order valence-corrected chi connectivity index (χ0v) is 17.5. The Morgan fingerprint density at radius 1 is 1.13 bits per heavy atom. The lowest BCUT2D eigenvalue weighted by molar-refractivity contribution is -0.146. The van der Waals surface area contributed by atoms with E-state index in [9.17, 15) is 19.5 Å². The number of aliphatic carboxylic acids is 1. The van der Waals surface area contributed by atoms with Crippen molar-refractivity contribution < 1.29 is 24.2 Å². The van der Waals surface area contributed by atoms with E-state index in [2.05, 4.69) is 0 Å². The van der Waals surface area contributed by atoms with Crippen molar-refractivity contribution in [1.29, 1.82) is 0 Å². The predicted molar refractivity (Wildman–Crippen MR) is 111 cm³/mol. The number of hydrogen-bond acceptors (Lipinski definition) is 5. The van der Waals surface area contributed by atoms with Gasteiger partial charge in [-0.2, -0.15) is 0 Å². The third kappa shape index (κ3) is 4.02. The Balaban J connectivity index is 1.65. The van der Waals surface area contributed by atoms with Gasteiger partial charge < -0.3 is 19.6 Å². The Hall–Kier alpha value is -2.57. The number of carboxylic acids is 1. The highest BCUT2D eigenvalue weighted by Gasteiger charge is 2.50. The molecular formula is C23H30N2O5. The van der Waals surface area contributed by atoms with E-state index in [1.165, 1.54) is 0 Å². The van der Waals surface area contributed by atoms with Gasteiger partial charge in [0, 0.05) is 30.1 Å². The number of ether oxygens (including phenoxy) is 1. The highest BCUT2D eigenvalue weighted by atomic mass is 16.5. The summed E-state index contributed by atoms with van der Waals surface area (Å²) in [7, 11) is 0. The highest BCUT2D eigenvalue weighted by Crippen LogP contribution is 2.52. The molecule has 1 aromatic carbocycles. The summed E-state index contributed by atoms with van der Waals surface area (Å²) in [5.41, 5.74) is 1.97. The zero-order valence-electron chi connectivity index (χ0n) is 17.5. The number of fused-ring (bicyclic) bond motifs is 2. The highest BCUT2D eigenvalue weighted by molar-refractivity contribution is 5.83. The lowest BCUT2D eigenvalue weighted by atomic mass is 9.81. The minimum Gasteiger partial charge on any atom is -0.480 e. The largest absolute Gasteiger partial charge is 0.480 e. The number of anilines is 1. The van der Waals surface area contributed by atoms with E-state index in [0.717, 1.165) is 43.4 Å². The number of rotatable bonds is 8. The number of para-hydroxylation sites is 1. The Morgan fingerprint density at radius 2 is 1.90 bits per heavy atom. The normalized spacial score (nSPS) is 24.7. The van der Waals surface area contributed by atoms with Crippen LogP contribution in [0.1, 0.15) is 63.5 Å². The van der Waals surface area contributed by atoms with Crippen LogP contribution in [-0.4, -0.2) is 53.1 Å². The molecule has 2 fully saturated rings. The fourth-order valence-electron chi connectivity index (χ4n) is 5.35. The Bertz CT molecular complexity index is 822. The van der Waals surface area contributed by atoms with Crippen LogP contribution in [0.3, 0.4) is 0 Å². The van der Waals surface area contributed by atoms with Crippen LogP contribution in [0.25, 0.3) is 0 Å². The van der Waals surface area contributed by atoms with Crippen molar-refractivity contribution in [2.45, 2.75) is 70.0 Å². The monoisotopic (exact) mass is 414 g/mol. The van der Waals surface area contributed by atoms with Crippen molar-refractivity contribution in [2.24, 2.45) is 5.92 Å². The molecule has 3 aliphatic rings. The van der Waals surface area contributed by atoms with Crippen LogP contribution in [0.15, 0.2) is 24.3 Å². The van der Waals surface area contributed by atoms with Gasteiger partial charge in [0.25, 0.3) is 0 Å². The summed E-state index contributed by atoms with van der Waals surface area (Å²) in [6.07, 6.45) is 5.19. The predicted octanol–water partition coefficient (Wildman–Crippen LogP) is 3.14. The molecule has 30 heavy (non-hydrogen) atoms. The van der Waals surface area contributed by atoms with E-state index >= 15 is 0 Å². The fraction of sp³-hybridized carbons (Fsp3) is 0.609. The molecule has 3 atom stereocenters. The molecular weight excluding hydrogens is 384 g/mol. The second-order valence-corrected chi connectivity index (χ2v) is 8.52. The minimum atomic E-state index is -0.835. The molecule has 0 aromatic heterocycles. The molecule has 162 valence electrons. The Kier molecular flexibility index (Phi) is 5.97. The molecule has 1 amide bonds. The lowest BCUT2D eigenvalue weighted by Crippen LogP contribution is -2.52. The molecule has 0 saturated heterocycles. The maximum atomic E-state index is 13.3. The van der Waals surface area contributed by atoms with Crippen molar-refractivity contribution in [3.8, 4) is 0 Å². The molecule has 0 radical (unpaired) electrons. The quantitative estimate of drug-likeness (QED) is 0.658. The summed E-state index contributed by atoms with van der Waals surface area (Å²) < 4.78 is 5.00. The number of hydrogen-bond donors (Lipinski definition) is 1. The van der Waals surface area contributed by atoms with E-state index in [0.29, 0.717) is 6.61 Å². The maximum absolute atomic E-state index is 13.3. The molecule has 3 unspecified atom stereocenters. The first-order valence-corrected chi connectivity index (χ1v) is 11.1. The first-order chi connectivity index (χ1) is 14.5. The van der Waals surface area contributed by atoms with Gasteiger partial charge in [0.05, 0.1) is 19.1 Å². The number of amides is 1. The van der Waals surface area contributed by atoms with Gasteiger partial charge in [0.15, 0.2) is 0 Å². The van der Waals surface area contributed by atoms with Gasteiger partial charge in [0.1, 0.15) is 6.54 Å². The Morgan fingerprint density at radius 3 is 2.60 bits per heavy atom. The second kappa shape index (κ2) is 8.66. The van der Waals surface area contributed by atoms with Crippen molar-refractivity contribution in [3.63, 3.8) is 0 Å². The number of carboxylic acid groups (broad SMARTS) is 1. The van der Waals surface area contributed by atoms with E-state index in [1.807, 2.05) is 34.1 Å². The van der Waals surface area contributed by atoms with Gasteiger partial charge >= 0.3 is 11.9 Å². The van der Waals surface area contributed by atoms with Gasteiger partial charge in [-0.25, -0.2) is 0 Å². The third-order valence-corrected chi connectivity index (χ3v) is 6.58. The van der Waals surface area contributed by atoms with Crippen LogP contribution in [0.5, 0.6) is 0 Å². The molecule has 2 saturated carbocycles. The van der Waals surface area contributed by atoms with Crippen LogP contribution >= 0.6 is 0 Å². The minimum absolute atomic E-state index is 0.00249. The number of carbonyl (C=O) groups is 3. The average molecular weight is 415 g/mol. The van der Waals surface area contributed by atoms with Crippen LogP contribution in [0.4, 0.5) is 5.69 Å². The molecule has 0 spiro atoms. The Labute approximate surface area is 177 Å². The maximum Gasteiger partial charge on any atom is 0.323 e. The van der Waals surface area contributed by atoms with Crippen LogP contribution in [-0.2, 0) is 19.1 Å². The number of esters is 1. The summed E-state index contributed by atoms with van der Waals surface area (Å²) in [6.45, 7) is 2.06. The molecule has 7 nitrogen and oxygen atoms in total. The SMILES string of the molecule is CCOC(=O)CCC(=O)N(C1CC1)C1c2ccccc2N(CC(=O)O)C2CCCC21. The van der Waals surface area contributed by atoms with E-state index in [4.69, 9.17) is 4.74 Å². The molecule has 1 aliphatic heterocycles. The summed E-state index contributed by atoms with van der Waals surface area (Å²) in [4.78, 5) is 40.7. The summed E-state index contributed by atoms with van der Waals surface area (Å²) in [5.74, 6) is -0.954. The molecule has 7 heteroatoms. The molecule has 0 bridgehead atoms. The van der Waals surface area contributed by atoms with Crippen molar-refractivity contribution in [1.82, 2.24) is 4.90 Å². The second-order valence-electron chi connectivity index (χ2n) is 8.52. The van der Waals surface area contributed by atoms with Crippen LogP contribution in [0.2, 0.25) is 0 Å². The van der Waals surface area contributed by atoms with Gasteiger partial charge in [-0.05, 0) is 44.2 Å². The fourth-order valence-corrected chi connectivity index (χ4v) is 5.35. The lowest BCUT2D eigenvalue weighted by Gasteiger charge is -2.48. The van der Waals surface area contributed by atoms with Crippen molar-refractivity contribution in [2.75, 3.05) is 18.1 Å². The first kappa shape index (κ1) is 20.7. The van der Waals surface area contributed by atoms with Gasteiger partial charge in [-0.3, -0.25) is 14.4 Å². The number of nitrogens with zero attached hydrogens (tertiary/aromatic N) is 2. The van der Waals surface area contributed by atoms with Crippen LogP contribution in [0, 0.1) is 5.92 Å². The van der Waals surface area contributed by atoms with Crippen molar-refractivity contribution in [3.05, 3.63) is 29.8 Å². The van der Waals surface area contributed by atoms with Crippen LogP contribution < -0.4 is 4.90 Å². The summed E-state index contributed by atoms with van der Waals surface area (Å²) in [5, 5.41) is 9.49. The number of benzene rings is 1. The number of carbonyl (C=O) groups excluding carboxylic acids is 2. The first-order valence-electron chi connectivity index (χ1n) is 11.1. The molecule has 1 aromatic rings. The molecule has 2 aliphatic carbocycles. The molecule has 1 N–H and O–H groups in total. The summed E-state index contributed by atoms with van der Waals surface area (Å²) in [6, 6.07) is 8.20. The summed E-state index contributed by atoms with van der Waals surface area (Å²) >= 11 is 0. The smallest absolute Gasteiger partial charge is 0.323 e. The van der Waals surface area contributed by atoms with Gasteiger partial charge in [-0.1, -0.05) is 24.6 Å². The standard InChI is InChI=1S/C23H30N2O5/c1-2-30-22(29)13-12-20(26)25(15-10-11-15)23-16-6-3-4-8-18(16)24(14-21(27)28)19-9-5-7-17(19)23/h3-4,6,8,15,17,19,23H,2,5,7,9-14H2,1H3,(H,27,28). The van der Waals surface area contributed by atoms with E-state index in [-0.39, 0.29) is 55.3 Å². The van der Waals surface area contributed by atoms with Gasteiger partial charge in [0.2, 0.25) is 5.91 Å². The van der Waals surface area contributed by atoms with E-state index in [1.54, 1.807) is 6.92 Å². The molecule has 1 heterocycles. The average Bonchev–Trinajstić information content (AvgIpc) is 3.43. The van der Waals surface area contributed by atoms with Crippen molar-refractivity contribution >= 4 is 23.5 Å². The zero-order chi connectivity index (χ0) is 21.3. The third-order valence-electron chi connectivity index (χ3n) is 6.58. The van der Waals surface area contributed by atoms with Gasteiger partial charge in [-0.15, -0.1) is 0 Å². The molecule has 4 rings (SSSR count). The topological polar surface area (TPSA) is 87.2 Å². The van der Waals surface area contributed by atoms with E-state index < -0.39 is 5.97 Å².